The molecule has 0 aliphatic rings. The quantitative estimate of drug-likeness (QED) is 0.321. The van der Waals surface area contributed by atoms with Gasteiger partial charge in [-0.2, -0.15) is 4.57 Å². The van der Waals surface area contributed by atoms with E-state index in [0.29, 0.717) is 10.9 Å². The fourth-order valence-electron chi connectivity index (χ4n) is 2.40. The Kier molecular flexibility index (Phi) is 3.62. The van der Waals surface area contributed by atoms with E-state index in [1.165, 1.54) is 6.20 Å². The van der Waals surface area contributed by atoms with Crippen LogP contribution in [-0.4, -0.2) is 10.7 Å². The standard InChI is InChI=1S/C17H13N2O3/c20-17(13-6-2-1-3-7-13)12-18-10-14-8-4-5-9-15(14)16(11-18)19(21)22/h1-11H,12H2/q+1. The van der Waals surface area contributed by atoms with Crippen molar-refractivity contribution in [3.05, 3.63) is 82.7 Å². The Morgan fingerprint density at radius 2 is 1.68 bits per heavy atom. The first-order valence-electron chi connectivity index (χ1n) is 6.79. The lowest BCUT2D eigenvalue weighted by molar-refractivity contribution is -0.684. The van der Waals surface area contributed by atoms with E-state index in [-0.39, 0.29) is 18.0 Å². The Morgan fingerprint density at radius 1 is 1.00 bits per heavy atom. The number of Topliss-reactive ketones (excluding diaryl/α,β-unsaturated/α-hetero) is 1. The smallest absolute Gasteiger partial charge is 0.287 e. The fraction of sp³-hybridized carbons (Fsp3) is 0.0588. The van der Waals surface area contributed by atoms with E-state index in [0.717, 1.165) is 5.39 Å². The van der Waals surface area contributed by atoms with Crippen LogP contribution in [0.15, 0.2) is 67.0 Å². The molecule has 3 rings (SSSR count). The van der Waals surface area contributed by atoms with Crippen molar-refractivity contribution in [2.45, 2.75) is 6.54 Å². The number of nitrogens with zero attached hydrogens (tertiary/aromatic N) is 2. The number of aromatic nitrogens is 1. The average molecular weight is 293 g/mol. The molecule has 0 N–H and O–H groups in total. The topological polar surface area (TPSA) is 64.1 Å². The molecule has 1 heterocycles. The van der Waals surface area contributed by atoms with Crippen LogP contribution in [0.1, 0.15) is 10.4 Å². The molecule has 0 amide bonds. The Hall–Kier alpha value is -3.08. The zero-order valence-corrected chi connectivity index (χ0v) is 11.7. The van der Waals surface area contributed by atoms with Gasteiger partial charge in [-0.1, -0.05) is 42.5 Å². The minimum Gasteiger partial charge on any atom is -0.287 e. The third-order valence-corrected chi connectivity index (χ3v) is 3.45. The molecule has 108 valence electrons. The molecule has 0 saturated heterocycles. The second kappa shape index (κ2) is 5.73. The summed E-state index contributed by atoms with van der Waals surface area (Å²) in [5, 5.41) is 12.5. The summed E-state index contributed by atoms with van der Waals surface area (Å²) >= 11 is 0. The molecular formula is C17H13N2O3+. The van der Waals surface area contributed by atoms with Crippen LogP contribution in [0, 0.1) is 10.1 Å². The number of carbonyl (C=O) groups is 1. The lowest BCUT2D eigenvalue weighted by Crippen LogP contribution is -2.37. The van der Waals surface area contributed by atoms with Gasteiger partial charge in [-0.3, -0.25) is 14.9 Å². The van der Waals surface area contributed by atoms with E-state index in [1.807, 2.05) is 12.1 Å². The van der Waals surface area contributed by atoms with E-state index in [4.69, 9.17) is 0 Å². The molecule has 0 bridgehead atoms. The molecular weight excluding hydrogens is 280 g/mol. The summed E-state index contributed by atoms with van der Waals surface area (Å²) in [5.41, 5.74) is 0.588. The summed E-state index contributed by atoms with van der Waals surface area (Å²) in [6.07, 6.45) is 3.16. The van der Waals surface area contributed by atoms with Gasteiger partial charge in [-0.25, -0.2) is 0 Å². The van der Waals surface area contributed by atoms with Crippen LogP contribution in [0.5, 0.6) is 0 Å². The maximum absolute atomic E-state index is 12.2. The second-order valence-electron chi connectivity index (χ2n) is 4.95. The number of hydrogen-bond acceptors (Lipinski definition) is 3. The van der Waals surface area contributed by atoms with E-state index in [1.54, 1.807) is 53.2 Å². The first kappa shape index (κ1) is 13.9. The summed E-state index contributed by atoms with van der Waals surface area (Å²) in [4.78, 5) is 23.0. The maximum atomic E-state index is 12.2. The number of fused-ring (bicyclic) bond motifs is 1. The molecule has 5 nitrogen and oxygen atoms in total. The van der Waals surface area contributed by atoms with Gasteiger partial charge in [0.1, 0.15) is 0 Å². The minimum absolute atomic E-state index is 0.000961. The van der Waals surface area contributed by atoms with Crippen LogP contribution in [0.25, 0.3) is 10.8 Å². The summed E-state index contributed by atoms with van der Waals surface area (Å²) in [6, 6.07) is 16.0. The molecule has 0 aliphatic carbocycles. The van der Waals surface area contributed by atoms with Gasteiger partial charge in [0.25, 0.3) is 0 Å². The average Bonchev–Trinajstić information content (AvgIpc) is 2.54. The summed E-state index contributed by atoms with van der Waals surface area (Å²) < 4.78 is 1.57. The normalized spacial score (nSPS) is 10.5. The SMILES string of the molecule is O=C(C[n+]1cc([N+](=O)[O-])c2ccccc2c1)c1ccccc1. The summed E-state index contributed by atoms with van der Waals surface area (Å²) in [6.45, 7) is 0.0652. The predicted molar refractivity (Wildman–Crippen MR) is 81.6 cm³/mol. The maximum Gasteiger partial charge on any atom is 0.340 e. The molecule has 0 atom stereocenters. The Bertz CT molecular complexity index is 860. The molecule has 3 aromatic rings. The molecule has 0 radical (unpaired) electrons. The molecule has 5 heteroatoms. The summed E-state index contributed by atoms with van der Waals surface area (Å²) in [5.74, 6) is -0.0878. The van der Waals surface area contributed by atoms with E-state index >= 15 is 0 Å². The zero-order chi connectivity index (χ0) is 15.5. The first-order chi connectivity index (χ1) is 10.6. The van der Waals surface area contributed by atoms with Crippen molar-refractivity contribution in [1.82, 2.24) is 0 Å². The molecule has 1 aromatic heterocycles. The van der Waals surface area contributed by atoms with Gasteiger partial charge in [0.2, 0.25) is 18.5 Å². The second-order valence-corrected chi connectivity index (χ2v) is 4.95. The van der Waals surface area contributed by atoms with E-state index in [2.05, 4.69) is 0 Å². The highest BCUT2D eigenvalue weighted by molar-refractivity contribution is 5.95. The number of ketones is 1. The van der Waals surface area contributed by atoms with Gasteiger partial charge in [-0.15, -0.1) is 0 Å². The van der Waals surface area contributed by atoms with Crippen LogP contribution < -0.4 is 4.57 Å². The highest BCUT2D eigenvalue weighted by Gasteiger charge is 2.20. The third kappa shape index (κ3) is 2.69. The zero-order valence-electron chi connectivity index (χ0n) is 11.7. The van der Waals surface area contributed by atoms with Crippen molar-refractivity contribution in [3.63, 3.8) is 0 Å². The van der Waals surface area contributed by atoms with E-state index in [9.17, 15) is 14.9 Å². The minimum atomic E-state index is -0.425. The molecule has 2 aromatic carbocycles. The monoisotopic (exact) mass is 293 g/mol. The molecule has 22 heavy (non-hydrogen) atoms. The van der Waals surface area contributed by atoms with Crippen LogP contribution in [0.4, 0.5) is 5.69 Å². The first-order valence-corrected chi connectivity index (χ1v) is 6.79. The Labute approximate surface area is 126 Å². The molecule has 0 saturated carbocycles. The number of benzene rings is 2. The molecule has 0 fully saturated rings. The number of nitro groups is 1. The van der Waals surface area contributed by atoms with E-state index < -0.39 is 4.92 Å². The van der Waals surface area contributed by atoms with Crippen molar-refractivity contribution >= 4 is 22.2 Å². The van der Waals surface area contributed by atoms with Crippen molar-refractivity contribution in [3.8, 4) is 0 Å². The van der Waals surface area contributed by atoms with Gasteiger partial charge >= 0.3 is 5.69 Å². The largest absolute Gasteiger partial charge is 0.340 e. The summed E-state index contributed by atoms with van der Waals surface area (Å²) in [7, 11) is 0. The van der Waals surface area contributed by atoms with Gasteiger partial charge in [0.05, 0.1) is 15.7 Å². The highest BCUT2D eigenvalue weighted by Crippen LogP contribution is 2.22. The predicted octanol–water partition coefficient (Wildman–Crippen LogP) is 2.92. The van der Waals surface area contributed by atoms with Crippen molar-refractivity contribution in [2.75, 3.05) is 0 Å². The Morgan fingerprint density at radius 3 is 2.41 bits per heavy atom. The molecule has 0 unspecified atom stereocenters. The number of hydrogen-bond donors (Lipinski definition) is 0. The molecule has 0 aliphatic heterocycles. The van der Waals surface area contributed by atoms with Gasteiger partial charge < -0.3 is 0 Å². The highest BCUT2D eigenvalue weighted by atomic mass is 16.6. The van der Waals surface area contributed by atoms with Crippen LogP contribution in [0.2, 0.25) is 0 Å². The number of carbonyl (C=O) groups excluding carboxylic acids is 1. The van der Waals surface area contributed by atoms with Crippen LogP contribution >= 0.6 is 0 Å². The van der Waals surface area contributed by atoms with Gasteiger partial charge in [-0.05, 0) is 12.1 Å². The van der Waals surface area contributed by atoms with Crippen molar-refractivity contribution < 1.29 is 14.3 Å². The lowest BCUT2D eigenvalue weighted by atomic mass is 10.1. The van der Waals surface area contributed by atoms with Crippen LogP contribution in [-0.2, 0) is 6.54 Å². The van der Waals surface area contributed by atoms with Gasteiger partial charge in [0.15, 0.2) is 6.20 Å². The fourth-order valence-corrected chi connectivity index (χ4v) is 2.40. The number of pyridine rings is 1. The van der Waals surface area contributed by atoms with Crippen LogP contribution in [0.3, 0.4) is 0 Å². The Balaban J connectivity index is 2.01. The van der Waals surface area contributed by atoms with Crippen molar-refractivity contribution in [1.29, 1.82) is 0 Å². The lowest BCUT2D eigenvalue weighted by Gasteiger charge is -2.01. The van der Waals surface area contributed by atoms with Gasteiger partial charge in [0, 0.05) is 5.56 Å². The third-order valence-electron chi connectivity index (χ3n) is 3.45. The van der Waals surface area contributed by atoms with Crippen molar-refractivity contribution in [2.24, 2.45) is 0 Å². The molecule has 0 spiro atoms. The number of rotatable bonds is 4.